The number of hydrogen-bond acceptors (Lipinski definition) is 2. The highest BCUT2D eigenvalue weighted by molar-refractivity contribution is 6.02. The van der Waals surface area contributed by atoms with Crippen molar-refractivity contribution in [1.82, 2.24) is 10.3 Å². The van der Waals surface area contributed by atoms with Crippen LogP contribution in [0.15, 0.2) is 42.0 Å². The Morgan fingerprint density at radius 2 is 2.21 bits per heavy atom. The van der Waals surface area contributed by atoms with Gasteiger partial charge in [0, 0.05) is 23.4 Å². The van der Waals surface area contributed by atoms with Crippen LogP contribution in [-0.2, 0) is 0 Å². The number of aromatic nitrogens is 1. The first-order valence-corrected chi connectivity index (χ1v) is 6.77. The summed E-state index contributed by atoms with van der Waals surface area (Å²) in [7, 11) is 0. The largest absolute Gasteiger partial charge is 0.352 e. The molecule has 0 spiro atoms. The average molecular weight is 254 g/mol. The maximum absolute atomic E-state index is 12.6. The summed E-state index contributed by atoms with van der Waals surface area (Å²) in [5, 5.41) is 4.42. The Kier molecular flexibility index (Phi) is 3.22. The van der Waals surface area contributed by atoms with Crippen LogP contribution in [0.3, 0.4) is 0 Å². The smallest absolute Gasteiger partial charge is 0.186 e. The number of para-hydroxylation sites is 1. The fraction of sp³-hybridized carbons (Fsp3) is 0.312. The lowest BCUT2D eigenvalue weighted by atomic mass is 9.87. The molecule has 1 aromatic heterocycles. The molecule has 19 heavy (non-hydrogen) atoms. The summed E-state index contributed by atoms with van der Waals surface area (Å²) in [6.45, 7) is 3.74. The van der Waals surface area contributed by atoms with Crippen molar-refractivity contribution in [2.24, 2.45) is 5.92 Å². The molecule has 1 aliphatic rings. The zero-order chi connectivity index (χ0) is 13.2. The van der Waals surface area contributed by atoms with Crippen LogP contribution in [0.2, 0.25) is 0 Å². The summed E-state index contributed by atoms with van der Waals surface area (Å²) in [5.41, 5.74) is 2.96. The molecule has 2 N–H and O–H groups in total. The number of rotatable bonds is 2. The van der Waals surface area contributed by atoms with Crippen molar-refractivity contribution in [2.45, 2.75) is 13.3 Å². The molecule has 3 nitrogen and oxygen atoms in total. The normalized spacial score (nSPS) is 21.9. The van der Waals surface area contributed by atoms with Crippen molar-refractivity contribution in [1.29, 1.82) is 0 Å². The van der Waals surface area contributed by atoms with Crippen LogP contribution >= 0.6 is 0 Å². The lowest BCUT2D eigenvalue weighted by Gasteiger charge is -2.24. The maximum atomic E-state index is 12.6. The molecule has 0 radical (unpaired) electrons. The Morgan fingerprint density at radius 3 is 3.00 bits per heavy atom. The molecule has 1 atom stereocenters. The van der Waals surface area contributed by atoms with Crippen LogP contribution < -0.4 is 5.32 Å². The van der Waals surface area contributed by atoms with Gasteiger partial charge in [-0.2, -0.15) is 0 Å². The molecule has 2 aromatic rings. The summed E-state index contributed by atoms with van der Waals surface area (Å²) < 4.78 is 0. The first-order chi connectivity index (χ1) is 9.29. The van der Waals surface area contributed by atoms with E-state index in [0.717, 1.165) is 36.1 Å². The predicted molar refractivity (Wildman–Crippen MR) is 77.4 cm³/mol. The predicted octanol–water partition coefficient (Wildman–Crippen LogP) is 2.91. The van der Waals surface area contributed by atoms with Crippen LogP contribution in [0.25, 0.3) is 10.9 Å². The van der Waals surface area contributed by atoms with E-state index >= 15 is 0 Å². The zero-order valence-electron chi connectivity index (χ0n) is 11.1. The van der Waals surface area contributed by atoms with Crippen molar-refractivity contribution >= 4 is 16.7 Å². The Labute approximate surface area is 112 Å². The average Bonchev–Trinajstić information content (AvgIpc) is 2.90. The van der Waals surface area contributed by atoms with Gasteiger partial charge in [-0.15, -0.1) is 0 Å². The fourth-order valence-electron chi connectivity index (χ4n) is 2.78. The Hall–Kier alpha value is -1.87. The first-order valence-electron chi connectivity index (χ1n) is 6.77. The topological polar surface area (TPSA) is 44.9 Å². The quantitative estimate of drug-likeness (QED) is 0.639. The molecule has 98 valence electrons. The number of nitrogens with one attached hydrogen (secondary N) is 2. The standard InChI is InChI=1S/C16H18N2O/c1-2-11-10-17-8-7-13(11)16(19)15-9-12-5-3-4-6-14(12)18-15/h2-6,9,13,17-18H,7-8,10H2,1H3/b11-2-. The second-order valence-electron chi connectivity index (χ2n) is 5.02. The molecule has 1 aliphatic heterocycles. The minimum Gasteiger partial charge on any atom is -0.352 e. The van der Waals surface area contributed by atoms with Crippen LogP contribution in [0.1, 0.15) is 23.8 Å². The van der Waals surface area contributed by atoms with Crippen molar-refractivity contribution in [3.05, 3.63) is 47.7 Å². The van der Waals surface area contributed by atoms with Gasteiger partial charge in [-0.1, -0.05) is 24.3 Å². The molecular weight excluding hydrogens is 236 g/mol. The number of carbonyl (C=O) groups excluding carboxylic acids is 1. The van der Waals surface area contributed by atoms with Crippen LogP contribution in [0.5, 0.6) is 0 Å². The summed E-state index contributed by atoms with van der Waals surface area (Å²) >= 11 is 0. The molecule has 1 unspecified atom stereocenters. The van der Waals surface area contributed by atoms with E-state index in [0.29, 0.717) is 0 Å². The number of aromatic amines is 1. The van der Waals surface area contributed by atoms with Gasteiger partial charge < -0.3 is 10.3 Å². The van der Waals surface area contributed by atoms with Gasteiger partial charge in [-0.05, 0) is 37.6 Å². The molecule has 0 bridgehead atoms. The third kappa shape index (κ3) is 2.22. The lowest BCUT2D eigenvalue weighted by molar-refractivity contribution is 0.0922. The maximum Gasteiger partial charge on any atom is 0.186 e. The van der Waals surface area contributed by atoms with E-state index in [1.165, 1.54) is 5.57 Å². The van der Waals surface area contributed by atoms with Gasteiger partial charge in [0.15, 0.2) is 5.78 Å². The summed E-state index contributed by atoms with van der Waals surface area (Å²) in [5.74, 6) is 0.241. The highest BCUT2D eigenvalue weighted by Gasteiger charge is 2.26. The third-order valence-corrected chi connectivity index (χ3v) is 3.87. The molecule has 3 heteroatoms. The lowest BCUT2D eigenvalue weighted by Crippen LogP contribution is -2.34. The van der Waals surface area contributed by atoms with Crippen LogP contribution in [-0.4, -0.2) is 23.9 Å². The molecule has 0 aliphatic carbocycles. The van der Waals surface area contributed by atoms with Crippen molar-refractivity contribution in [2.75, 3.05) is 13.1 Å². The minimum atomic E-state index is 0.0271. The molecule has 1 saturated heterocycles. The van der Waals surface area contributed by atoms with Gasteiger partial charge >= 0.3 is 0 Å². The Bertz CT molecular complexity index is 606. The van der Waals surface area contributed by atoms with E-state index in [1.54, 1.807) is 0 Å². The first kappa shape index (κ1) is 12.2. The number of benzene rings is 1. The summed E-state index contributed by atoms with van der Waals surface area (Å²) in [6, 6.07) is 9.97. The van der Waals surface area contributed by atoms with Crippen molar-refractivity contribution < 1.29 is 4.79 Å². The van der Waals surface area contributed by atoms with Gasteiger partial charge in [-0.25, -0.2) is 0 Å². The van der Waals surface area contributed by atoms with Gasteiger partial charge in [0.25, 0.3) is 0 Å². The van der Waals surface area contributed by atoms with E-state index in [9.17, 15) is 4.79 Å². The number of Topliss-reactive ketones (excluding diaryl/α,β-unsaturated/α-hetero) is 1. The highest BCUT2D eigenvalue weighted by Crippen LogP contribution is 2.24. The van der Waals surface area contributed by atoms with E-state index in [4.69, 9.17) is 0 Å². The molecule has 3 rings (SSSR count). The second-order valence-corrected chi connectivity index (χ2v) is 5.02. The Morgan fingerprint density at radius 1 is 1.37 bits per heavy atom. The third-order valence-electron chi connectivity index (χ3n) is 3.87. The van der Waals surface area contributed by atoms with E-state index < -0.39 is 0 Å². The van der Waals surface area contributed by atoms with Crippen molar-refractivity contribution in [3.63, 3.8) is 0 Å². The second kappa shape index (κ2) is 5.02. The number of carbonyl (C=O) groups is 1. The highest BCUT2D eigenvalue weighted by atomic mass is 16.1. The molecule has 1 fully saturated rings. The van der Waals surface area contributed by atoms with E-state index in [1.807, 2.05) is 37.3 Å². The molecule has 1 aromatic carbocycles. The summed E-state index contributed by atoms with van der Waals surface area (Å²) in [6.07, 6.45) is 2.95. The zero-order valence-corrected chi connectivity index (χ0v) is 11.1. The van der Waals surface area contributed by atoms with Crippen LogP contribution in [0.4, 0.5) is 0 Å². The molecule has 0 amide bonds. The number of ketones is 1. The van der Waals surface area contributed by atoms with E-state index in [-0.39, 0.29) is 11.7 Å². The number of piperidine rings is 1. The van der Waals surface area contributed by atoms with E-state index in [2.05, 4.69) is 16.4 Å². The number of allylic oxidation sites excluding steroid dienone is 1. The van der Waals surface area contributed by atoms with Gasteiger partial charge in [0.1, 0.15) is 0 Å². The van der Waals surface area contributed by atoms with Crippen LogP contribution in [0, 0.1) is 5.92 Å². The van der Waals surface area contributed by atoms with Gasteiger partial charge in [0.05, 0.1) is 5.69 Å². The molecule has 2 heterocycles. The summed E-state index contributed by atoms with van der Waals surface area (Å²) in [4.78, 5) is 15.9. The molecular formula is C16H18N2O. The SMILES string of the molecule is C/C=C1/CNCCC1C(=O)c1cc2ccccc2[nH]1. The van der Waals surface area contributed by atoms with Gasteiger partial charge in [-0.3, -0.25) is 4.79 Å². The van der Waals surface area contributed by atoms with Crippen molar-refractivity contribution in [3.8, 4) is 0 Å². The Balaban J connectivity index is 1.94. The van der Waals surface area contributed by atoms with Gasteiger partial charge in [0.2, 0.25) is 0 Å². The number of fused-ring (bicyclic) bond motifs is 1. The minimum absolute atomic E-state index is 0.0271. The monoisotopic (exact) mass is 254 g/mol. The molecule has 0 saturated carbocycles. The fourth-order valence-corrected chi connectivity index (χ4v) is 2.78. The number of H-pyrrole nitrogens is 1. The number of hydrogen-bond donors (Lipinski definition) is 2.